The Hall–Kier alpha value is -5.95. The molecule has 1 N–H and O–H groups in total. The number of carboxylic acids is 1. The van der Waals surface area contributed by atoms with E-state index in [-0.39, 0.29) is 18.9 Å². The van der Waals surface area contributed by atoms with E-state index in [1.54, 1.807) is 6.33 Å². The molecular weight excluding hydrogens is 610 g/mol. The highest BCUT2D eigenvalue weighted by atomic mass is 16.6. The first-order chi connectivity index (χ1) is 23.8. The van der Waals surface area contributed by atoms with E-state index in [9.17, 15) is 14.7 Å². The van der Waals surface area contributed by atoms with Crippen LogP contribution in [0, 0.1) is 0 Å². The number of hydrogen-bond donors (Lipinski definition) is 1. The number of nitrogens with zero attached hydrogens (tertiary/aromatic N) is 3. The van der Waals surface area contributed by atoms with Crippen LogP contribution in [-0.4, -0.2) is 50.8 Å². The fourth-order valence-electron chi connectivity index (χ4n) is 7.21. The molecule has 6 aromatic rings. The predicted molar refractivity (Wildman–Crippen MR) is 189 cm³/mol. The van der Waals surface area contributed by atoms with Gasteiger partial charge in [0.1, 0.15) is 17.7 Å². The van der Waals surface area contributed by atoms with E-state index in [0.717, 1.165) is 38.9 Å². The van der Waals surface area contributed by atoms with Gasteiger partial charge in [0.15, 0.2) is 0 Å². The third-order valence-electron chi connectivity index (χ3n) is 9.93. The summed E-state index contributed by atoms with van der Waals surface area (Å²) < 4.78 is 7.91. The summed E-state index contributed by atoms with van der Waals surface area (Å²) in [6, 6.07) is 46.8. The second-order valence-electron chi connectivity index (χ2n) is 12.7. The monoisotopic (exact) mass is 647 g/mol. The van der Waals surface area contributed by atoms with Crippen molar-refractivity contribution in [1.82, 2.24) is 14.5 Å². The largest absolute Gasteiger partial charge is 0.479 e. The van der Waals surface area contributed by atoms with Gasteiger partial charge in [-0.15, -0.1) is 0 Å². The van der Waals surface area contributed by atoms with Crippen LogP contribution in [0.1, 0.15) is 46.4 Å². The van der Waals surface area contributed by atoms with Gasteiger partial charge in [0.05, 0.1) is 12.0 Å². The van der Waals surface area contributed by atoms with Crippen molar-refractivity contribution < 1.29 is 19.4 Å². The molecule has 244 valence electrons. The summed E-state index contributed by atoms with van der Waals surface area (Å²) in [6.45, 7) is 1.63. The van der Waals surface area contributed by atoms with Gasteiger partial charge in [0.25, 0.3) is 0 Å². The number of carbonyl (C=O) groups excluding carboxylic acids is 1. The van der Waals surface area contributed by atoms with Crippen LogP contribution in [0.3, 0.4) is 0 Å². The van der Waals surface area contributed by atoms with Crippen LogP contribution < -0.4 is 0 Å². The highest BCUT2D eigenvalue weighted by Gasteiger charge is 2.44. The number of rotatable bonds is 10. The van der Waals surface area contributed by atoms with E-state index in [2.05, 4.69) is 60.7 Å². The lowest BCUT2D eigenvalue weighted by atomic mass is 9.76. The smallest absolute Gasteiger partial charge is 0.410 e. The Morgan fingerprint density at radius 3 is 1.65 bits per heavy atom. The molecule has 1 aliphatic carbocycles. The van der Waals surface area contributed by atoms with Gasteiger partial charge in [-0.25, -0.2) is 14.6 Å². The average Bonchev–Trinajstić information content (AvgIpc) is 3.74. The van der Waals surface area contributed by atoms with Gasteiger partial charge in [-0.05, 0) is 45.9 Å². The molecule has 0 saturated heterocycles. The quantitative estimate of drug-likeness (QED) is 0.152. The minimum Gasteiger partial charge on any atom is -0.479 e. The zero-order valence-corrected chi connectivity index (χ0v) is 27.4. The molecule has 0 bridgehead atoms. The van der Waals surface area contributed by atoms with Crippen LogP contribution in [-0.2, 0) is 21.5 Å². The number of likely N-dealkylation sites (N-methyl/N-ethyl adjacent to an activating group) is 1. The van der Waals surface area contributed by atoms with Crippen molar-refractivity contribution in [2.24, 2.45) is 0 Å². The molecule has 0 spiro atoms. The first-order valence-corrected chi connectivity index (χ1v) is 16.4. The molecule has 0 fully saturated rings. The van der Waals surface area contributed by atoms with Crippen molar-refractivity contribution in [2.45, 2.75) is 30.3 Å². The average molecular weight is 648 g/mol. The second kappa shape index (κ2) is 12.9. The molecule has 7 nitrogen and oxygen atoms in total. The number of amides is 1. The summed E-state index contributed by atoms with van der Waals surface area (Å²) in [6.07, 6.45) is 2.89. The van der Waals surface area contributed by atoms with Crippen LogP contribution >= 0.6 is 0 Å². The molecule has 0 aliphatic heterocycles. The van der Waals surface area contributed by atoms with Crippen molar-refractivity contribution in [3.05, 3.63) is 186 Å². The zero-order valence-electron chi connectivity index (χ0n) is 27.4. The normalized spacial score (nSPS) is 13.6. The van der Waals surface area contributed by atoms with Crippen LogP contribution in [0.4, 0.5) is 4.79 Å². The van der Waals surface area contributed by atoms with Crippen molar-refractivity contribution in [3.63, 3.8) is 0 Å². The molecule has 7 heteroatoms. The number of fused-ring (bicyclic) bond motifs is 3. The second-order valence-corrected chi connectivity index (χ2v) is 12.7. The molecule has 5 aromatic carbocycles. The molecule has 7 rings (SSSR count). The van der Waals surface area contributed by atoms with Gasteiger partial charge in [0.2, 0.25) is 0 Å². The fourth-order valence-corrected chi connectivity index (χ4v) is 7.21. The number of benzene rings is 5. The Bertz CT molecular complexity index is 1950. The van der Waals surface area contributed by atoms with E-state index in [0.29, 0.717) is 5.69 Å². The molecule has 1 amide bonds. The molecule has 1 aliphatic rings. The maximum absolute atomic E-state index is 13.6. The number of hydrogen-bond acceptors (Lipinski definition) is 4. The number of aliphatic carboxylic acids is 1. The molecule has 0 saturated carbocycles. The van der Waals surface area contributed by atoms with Gasteiger partial charge >= 0.3 is 12.1 Å². The highest BCUT2D eigenvalue weighted by molar-refractivity contribution is 5.84. The summed E-state index contributed by atoms with van der Waals surface area (Å²) in [5.41, 5.74) is 5.56. The number of imidazole rings is 1. The van der Waals surface area contributed by atoms with Crippen molar-refractivity contribution in [3.8, 4) is 11.1 Å². The Kier molecular flexibility index (Phi) is 8.34. The van der Waals surface area contributed by atoms with E-state index < -0.39 is 23.1 Å². The summed E-state index contributed by atoms with van der Waals surface area (Å²) in [5, 5.41) is 10.6. The SMILES string of the molecule is CN(C(=O)OCC1c2ccccc2-c2ccccc21)[C@@](C)(Cc1cn(C(c2ccccc2)(c2ccccc2)c2ccccc2)cn1)C(=O)O. The van der Waals surface area contributed by atoms with Gasteiger partial charge in [-0.2, -0.15) is 0 Å². The van der Waals surface area contributed by atoms with Gasteiger partial charge < -0.3 is 14.4 Å². The molecular formula is C42H37N3O4. The Balaban J connectivity index is 1.19. The summed E-state index contributed by atoms with van der Waals surface area (Å²) >= 11 is 0. The number of carboxylic acid groups (broad SMARTS) is 1. The van der Waals surface area contributed by atoms with Crippen molar-refractivity contribution in [1.29, 1.82) is 0 Å². The summed E-state index contributed by atoms with van der Waals surface area (Å²) in [4.78, 5) is 32.5. The first kappa shape index (κ1) is 31.6. The molecule has 49 heavy (non-hydrogen) atoms. The molecule has 0 radical (unpaired) electrons. The maximum atomic E-state index is 13.6. The Morgan fingerprint density at radius 2 is 1.18 bits per heavy atom. The highest BCUT2D eigenvalue weighted by Crippen LogP contribution is 2.45. The Morgan fingerprint density at radius 1 is 0.735 bits per heavy atom. The number of ether oxygens (including phenoxy) is 1. The van der Waals surface area contributed by atoms with Crippen molar-refractivity contribution in [2.75, 3.05) is 13.7 Å². The van der Waals surface area contributed by atoms with Crippen molar-refractivity contribution >= 4 is 12.1 Å². The standard InChI is InChI=1S/C42H37N3O4/c1-41(39(46)47,44(2)40(48)49-28-38-36-24-14-12-22-34(36)35-23-13-15-25-37(35)38)26-33-27-45(29-43-33)42(30-16-6-3-7-17-30,31-18-8-4-9-19-31)32-20-10-5-11-21-32/h3-25,27,29,38H,26,28H2,1-2H3,(H,46,47)/t41-/m0/s1. The van der Waals surface area contributed by atoms with Gasteiger partial charge in [-0.1, -0.05) is 140 Å². The lowest BCUT2D eigenvalue weighted by Gasteiger charge is -2.37. The third-order valence-corrected chi connectivity index (χ3v) is 9.93. The molecule has 1 aromatic heterocycles. The maximum Gasteiger partial charge on any atom is 0.410 e. The summed E-state index contributed by atoms with van der Waals surface area (Å²) in [5.74, 6) is -1.29. The van der Waals surface area contributed by atoms with Crippen LogP contribution in [0.5, 0.6) is 0 Å². The minimum atomic E-state index is -1.64. The van der Waals surface area contributed by atoms with Crippen LogP contribution in [0.2, 0.25) is 0 Å². The minimum absolute atomic E-state index is 0.0372. The van der Waals surface area contributed by atoms with Crippen LogP contribution in [0.15, 0.2) is 152 Å². The first-order valence-electron chi connectivity index (χ1n) is 16.4. The summed E-state index contributed by atoms with van der Waals surface area (Å²) in [7, 11) is 1.48. The lowest BCUT2D eigenvalue weighted by Crippen LogP contribution is -2.55. The van der Waals surface area contributed by atoms with Gasteiger partial charge in [0, 0.05) is 25.6 Å². The zero-order chi connectivity index (χ0) is 34.0. The molecule has 1 atom stereocenters. The molecule has 1 heterocycles. The fraction of sp³-hybridized carbons (Fsp3) is 0.167. The topological polar surface area (TPSA) is 84.7 Å². The number of carbonyl (C=O) groups is 2. The van der Waals surface area contributed by atoms with Crippen LogP contribution in [0.25, 0.3) is 11.1 Å². The lowest BCUT2D eigenvalue weighted by molar-refractivity contribution is -0.148. The van der Waals surface area contributed by atoms with E-state index in [1.807, 2.05) is 89.6 Å². The van der Waals surface area contributed by atoms with E-state index in [4.69, 9.17) is 9.72 Å². The number of aromatic nitrogens is 2. The third kappa shape index (κ3) is 5.47. The van der Waals surface area contributed by atoms with Gasteiger partial charge in [-0.3, -0.25) is 4.90 Å². The van der Waals surface area contributed by atoms with E-state index >= 15 is 0 Å². The predicted octanol–water partition coefficient (Wildman–Crippen LogP) is 7.99. The Labute approximate surface area is 286 Å². The molecule has 0 unspecified atom stereocenters. The van der Waals surface area contributed by atoms with E-state index in [1.165, 1.54) is 18.9 Å².